The molecule has 0 aliphatic rings. The van der Waals surface area contributed by atoms with E-state index in [-0.39, 0.29) is 18.4 Å². The van der Waals surface area contributed by atoms with Crippen LogP contribution in [0.4, 0.5) is 14.3 Å². The Balaban J connectivity index is 1.56. The highest BCUT2D eigenvalue weighted by atomic mass is 32.1. The number of amides is 2. The lowest BCUT2D eigenvalue weighted by Gasteiger charge is -2.07. The Bertz CT molecular complexity index is 997. The lowest BCUT2D eigenvalue weighted by atomic mass is 10.1. The van der Waals surface area contributed by atoms with Crippen LogP contribution in [0.15, 0.2) is 36.8 Å². The number of rotatable bonds is 8. The predicted octanol–water partition coefficient (Wildman–Crippen LogP) is 3.85. The van der Waals surface area contributed by atoms with Gasteiger partial charge in [0.05, 0.1) is 23.4 Å². The Morgan fingerprint density at radius 3 is 2.69 bits per heavy atom. The van der Waals surface area contributed by atoms with Crippen molar-refractivity contribution in [2.75, 3.05) is 18.5 Å². The van der Waals surface area contributed by atoms with E-state index < -0.39 is 6.67 Å². The number of carbonyl (C=O) groups excluding carboxylic acids is 2. The first-order valence-corrected chi connectivity index (χ1v) is 9.98. The van der Waals surface area contributed by atoms with Gasteiger partial charge in [-0.05, 0) is 19.4 Å². The fourth-order valence-electron chi connectivity index (χ4n) is 2.87. The minimum Gasteiger partial charge on any atom is -0.337 e. The number of ketones is 1. The maximum atomic E-state index is 12.5. The molecule has 0 unspecified atom stereocenters. The van der Waals surface area contributed by atoms with E-state index in [4.69, 9.17) is 0 Å². The number of urea groups is 1. The van der Waals surface area contributed by atoms with Crippen molar-refractivity contribution in [1.29, 1.82) is 0 Å². The topological polar surface area (TPSA) is 88.9 Å². The van der Waals surface area contributed by atoms with Gasteiger partial charge in [-0.25, -0.2) is 19.2 Å². The van der Waals surface area contributed by atoms with Gasteiger partial charge in [-0.2, -0.15) is 0 Å². The second-order valence-electron chi connectivity index (χ2n) is 6.47. The zero-order valence-corrected chi connectivity index (χ0v) is 17.1. The van der Waals surface area contributed by atoms with Crippen LogP contribution < -0.4 is 10.6 Å². The number of imidazole rings is 1. The Morgan fingerprint density at radius 2 is 2.00 bits per heavy atom. The van der Waals surface area contributed by atoms with Crippen molar-refractivity contribution in [3.05, 3.63) is 53.7 Å². The summed E-state index contributed by atoms with van der Waals surface area (Å²) in [5, 5.41) is 6.01. The van der Waals surface area contributed by atoms with Crippen molar-refractivity contribution in [2.24, 2.45) is 0 Å². The highest BCUT2D eigenvalue weighted by Gasteiger charge is 2.12. The molecule has 3 rings (SSSR count). The van der Waals surface area contributed by atoms with Gasteiger partial charge in [-0.15, -0.1) is 0 Å². The summed E-state index contributed by atoms with van der Waals surface area (Å²) in [5.41, 5.74) is 3.27. The zero-order chi connectivity index (χ0) is 20.8. The zero-order valence-electron chi connectivity index (χ0n) is 16.2. The lowest BCUT2D eigenvalue weighted by molar-refractivity contribution is 0.101. The first-order valence-electron chi connectivity index (χ1n) is 9.16. The van der Waals surface area contributed by atoms with Gasteiger partial charge in [0, 0.05) is 30.4 Å². The molecule has 2 heterocycles. The van der Waals surface area contributed by atoms with Crippen LogP contribution in [0.3, 0.4) is 0 Å². The fraction of sp³-hybridized carbons (Fsp3) is 0.300. The number of carbonyl (C=O) groups is 2. The third kappa shape index (κ3) is 5.26. The summed E-state index contributed by atoms with van der Waals surface area (Å²) in [5.74, 6) is 0.0179. The molecule has 0 saturated carbocycles. The molecule has 0 spiro atoms. The average molecular weight is 415 g/mol. The van der Waals surface area contributed by atoms with Crippen LogP contribution in [0.5, 0.6) is 0 Å². The van der Waals surface area contributed by atoms with E-state index in [9.17, 15) is 14.0 Å². The van der Waals surface area contributed by atoms with Gasteiger partial charge in [0.25, 0.3) is 0 Å². The van der Waals surface area contributed by atoms with Crippen molar-refractivity contribution in [1.82, 2.24) is 19.9 Å². The molecular weight excluding hydrogens is 393 g/mol. The van der Waals surface area contributed by atoms with E-state index in [1.807, 2.05) is 19.1 Å². The summed E-state index contributed by atoms with van der Waals surface area (Å²) < 4.78 is 14.2. The highest BCUT2D eigenvalue weighted by molar-refractivity contribution is 7.19. The molecule has 0 aliphatic heterocycles. The second-order valence-corrected chi connectivity index (χ2v) is 7.46. The van der Waals surface area contributed by atoms with Gasteiger partial charge in [-0.1, -0.05) is 35.6 Å². The Hall–Kier alpha value is -3.07. The van der Waals surface area contributed by atoms with E-state index in [2.05, 4.69) is 20.6 Å². The molecule has 0 aliphatic carbocycles. The number of benzene rings is 1. The second kappa shape index (κ2) is 9.42. The van der Waals surface area contributed by atoms with E-state index in [0.29, 0.717) is 23.7 Å². The Labute approximate surface area is 172 Å². The van der Waals surface area contributed by atoms with Gasteiger partial charge in [-0.3, -0.25) is 10.1 Å². The van der Waals surface area contributed by atoms with E-state index in [0.717, 1.165) is 21.8 Å². The maximum absolute atomic E-state index is 12.5. The minimum atomic E-state index is -0.458. The lowest BCUT2D eigenvalue weighted by Crippen LogP contribution is -2.30. The minimum absolute atomic E-state index is 0.0179. The largest absolute Gasteiger partial charge is 0.337 e. The molecule has 1 aromatic carbocycles. The third-order valence-corrected chi connectivity index (χ3v) is 5.48. The van der Waals surface area contributed by atoms with Crippen LogP contribution >= 0.6 is 11.3 Å². The third-order valence-electron chi connectivity index (χ3n) is 4.36. The summed E-state index contributed by atoms with van der Waals surface area (Å²) in [7, 11) is 0. The summed E-state index contributed by atoms with van der Waals surface area (Å²) in [6, 6.07) is 6.96. The SMILES string of the molecule is CC(=O)c1ccc(-c2sc(NC(=O)NCCc3cncn3CCF)nc2C)cc1. The Kier molecular flexibility index (Phi) is 6.71. The van der Waals surface area contributed by atoms with Gasteiger partial charge in [0.1, 0.15) is 6.67 Å². The quantitative estimate of drug-likeness (QED) is 0.547. The van der Waals surface area contributed by atoms with E-state index in [1.54, 1.807) is 29.2 Å². The van der Waals surface area contributed by atoms with Crippen LogP contribution in [-0.2, 0) is 13.0 Å². The standard InChI is InChI=1S/C20H22FN5O2S/c1-13-18(16-5-3-15(4-6-16)14(2)27)29-20(24-13)25-19(28)23-9-7-17-11-22-12-26(17)10-8-21/h3-6,11-12H,7-10H2,1-2H3,(H2,23,24,25,28). The van der Waals surface area contributed by atoms with Crippen LogP contribution in [0, 0.1) is 6.92 Å². The number of alkyl halides is 1. The molecule has 29 heavy (non-hydrogen) atoms. The molecule has 2 N–H and O–H groups in total. The van der Waals surface area contributed by atoms with Crippen molar-refractivity contribution >= 4 is 28.3 Å². The van der Waals surface area contributed by atoms with E-state index in [1.165, 1.54) is 18.3 Å². The molecule has 0 radical (unpaired) electrons. The summed E-state index contributed by atoms with van der Waals surface area (Å²) >= 11 is 1.37. The predicted molar refractivity (Wildman–Crippen MR) is 111 cm³/mol. The molecule has 2 aromatic heterocycles. The number of anilines is 1. The number of Topliss-reactive ketones (excluding diaryl/α,β-unsaturated/α-hetero) is 1. The molecule has 152 valence electrons. The monoisotopic (exact) mass is 415 g/mol. The van der Waals surface area contributed by atoms with Crippen LogP contribution in [0.25, 0.3) is 10.4 Å². The summed E-state index contributed by atoms with van der Waals surface area (Å²) in [6.07, 6.45) is 3.80. The number of halogens is 1. The maximum Gasteiger partial charge on any atom is 0.321 e. The number of aryl methyl sites for hydroxylation is 2. The summed E-state index contributed by atoms with van der Waals surface area (Å²) in [4.78, 5) is 32.9. The van der Waals surface area contributed by atoms with Crippen molar-refractivity contribution in [3.63, 3.8) is 0 Å². The molecular formula is C20H22FN5O2S. The molecule has 0 fully saturated rings. The molecule has 0 atom stereocenters. The van der Waals surface area contributed by atoms with Gasteiger partial charge >= 0.3 is 6.03 Å². The van der Waals surface area contributed by atoms with Crippen molar-refractivity contribution in [2.45, 2.75) is 26.8 Å². The molecule has 0 saturated heterocycles. The van der Waals surface area contributed by atoms with Crippen LogP contribution in [-0.4, -0.2) is 39.6 Å². The van der Waals surface area contributed by atoms with Crippen molar-refractivity contribution < 1.29 is 14.0 Å². The molecule has 3 aromatic rings. The number of hydrogen-bond acceptors (Lipinski definition) is 5. The first kappa shape index (κ1) is 20.7. The summed E-state index contributed by atoms with van der Waals surface area (Å²) in [6.45, 7) is 3.60. The van der Waals surface area contributed by atoms with E-state index >= 15 is 0 Å². The highest BCUT2D eigenvalue weighted by Crippen LogP contribution is 2.32. The average Bonchev–Trinajstić information content (AvgIpc) is 3.28. The molecule has 2 amide bonds. The molecule has 9 heteroatoms. The van der Waals surface area contributed by atoms with Gasteiger partial charge in [0.15, 0.2) is 10.9 Å². The Morgan fingerprint density at radius 1 is 1.24 bits per heavy atom. The molecule has 7 nitrogen and oxygen atoms in total. The van der Waals surface area contributed by atoms with Gasteiger partial charge < -0.3 is 9.88 Å². The number of hydrogen-bond donors (Lipinski definition) is 2. The number of aromatic nitrogens is 3. The fourth-order valence-corrected chi connectivity index (χ4v) is 3.84. The number of thiazole rings is 1. The molecule has 0 bridgehead atoms. The van der Waals surface area contributed by atoms with Crippen molar-refractivity contribution in [3.8, 4) is 10.4 Å². The van der Waals surface area contributed by atoms with Crippen LogP contribution in [0.2, 0.25) is 0 Å². The number of nitrogens with one attached hydrogen (secondary N) is 2. The van der Waals surface area contributed by atoms with Crippen LogP contribution in [0.1, 0.15) is 28.7 Å². The smallest absolute Gasteiger partial charge is 0.321 e. The number of nitrogens with zero attached hydrogens (tertiary/aromatic N) is 3. The first-order chi connectivity index (χ1) is 14.0. The van der Waals surface area contributed by atoms with Gasteiger partial charge in [0.2, 0.25) is 0 Å². The normalized spacial score (nSPS) is 10.7.